The van der Waals surface area contributed by atoms with Gasteiger partial charge in [0.2, 0.25) is 0 Å². The van der Waals surface area contributed by atoms with Crippen molar-refractivity contribution in [3.8, 4) is 11.5 Å². The smallest absolute Gasteiger partial charge is 0.199 e. The summed E-state index contributed by atoms with van der Waals surface area (Å²) in [6, 6.07) is 7.46. The highest BCUT2D eigenvalue weighted by molar-refractivity contribution is 6.31. The fourth-order valence-corrected chi connectivity index (χ4v) is 1.67. The van der Waals surface area contributed by atoms with Gasteiger partial charge in [0.25, 0.3) is 0 Å². The molecule has 0 spiro atoms. The number of benzene rings is 1. The van der Waals surface area contributed by atoms with E-state index in [9.17, 15) is 0 Å². The van der Waals surface area contributed by atoms with Crippen LogP contribution in [0.5, 0.6) is 11.5 Å². The summed E-state index contributed by atoms with van der Waals surface area (Å²) < 4.78 is 10.3. The molecule has 94 valence electrons. The van der Waals surface area contributed by atoms with E-state index in [1.54, 1.807) is 7.11 Å². The van der Waals surface area contributed by atoms with E-state index in [0.29, 0.717) is 11.6 Å². The van der Waals surface area contributed by atoms with Crippen LogP contribution in [-0.2, 0) is 0 Å². The van der Waals surface area contributed by atoms with E-state index < -0.39 is 0 Å². The van der Waals surface area contributed by atoms with Crippen molar-refractivity contribution in [3.05, 3.63) is 35.7 Å². The summed E-state index contributed by atoms with van der Waals surface area (Å²) >= 11 is 5.91. The molecule has 0 unspecified atom stereocenters. The van der Waals surface area contributed by atoms with Gasteiger partial charge in [0.1, 0.15) is 12.1 Å². The summed E-state index contributed by atoms with van der Waals surface area (Å²) in [5, 5.41) is 3.36. The Balaban J connectivity index is 2.30. The lowest BCUT2D eigenvalue weighted by atomic mass is 10.3. The van der Waals surface area contributed by atoms with Gasteiger partial charge in [-0.3, -0.25) is 0 Å². The maximum absolute atomic E-state index is 5.91. The minimum Gasteiger partial charge on any atom is -0.497 e. The molecular weight excluding hydrogens is 254 g/mol. The number of hydrogen-bond donors (Lipinski definition) is 1. The molecule has 2 rings (SSSR count). The first-order valence-corrected chi connectivity index (χ1v) is 5.58. The fraction of sp³-hybridized carbons (Fsp3) is 0.167. The molecule has 1 aromatic carbocycles. The summed E-state index contributed by atoms with van der Waals surface area (Å²) in [5.41, 5.74) is 0.822. The van der Waals surface area contributed by atoms with Crippen molar-refractivity contribution in [1.82, 2.24) is 9.97 Å². The van der Waals surface area contributed by atoms with Crippen molar-refractivity contribution >= 4 is 23.1 Å². The lowest BCUT2D eigenvalue weighted by Crippen LogP contribution is -1.99. The number of halogens is 1. The van der Waals surface area contributed by atoms with Crippen molar-refractivity contribution in [2.75, 3.05) is 19.5 Å². The van der Waals surface area contributed by atoms with Crippen molar-refractivity contribution in [2.45, 2.75) is 0 Å². The minimum atomic E-state index is 0.262. The van der Waals surface area contributed by atoms with Gasteiger partial charge in [0.15, 0.2) is 16.7 Å². The molecule has 0 bridgehead atoms. The normalized spacial score (nSPS) is 9.94. The van der Waals surface area contributed by atoms with Crippen LogP contribution >= 0.6 is 11.6 Å². The molecule has 6 heteroatoms. The second-order valence-electron chi connectivity index (χ2n) is 3.40. The Labute approximate surface area is 110 Å². The highest BCUT2D eigenvalue weighted by Gasteiger charge is 2.10. The molecule has 0 radical (unpaired) electrons. The Bertz CT molecular complexity index is 549. The van der Waals surface area contributed by atoms with Gasteiger partial charge in [-0.2, -0.15) is 0 Å². The Morgan fingerprint density at radius 1 is 1.17 bits per heavy atom. The van der Waals surface area contributed by atoms with Gasteiger partial charge in [-0.05, 0) is 12.1 Å². The minimum absolute atomic E-state index is 0.262. The van der Waals surface area contributed by atoms with E-state index in [1.165, 1.54) is 13.4 Å². The molecule has 1 N–H and O–H groups in total. The van der Waals surface area contributed by atoms with Crippen molar-refractivity contribution in [3.63, 3.8) is 0 Å². The van der Waals surface area contributed by atoms with Gasteiger partial charge in [-0.25, -0.2) is 9.97 Å². The topological polar surface area (TPSA) is 56.3 Å². The average molecular weight is 266 g/mol. The van der Waals surface area contributed by atoms with E-state index in [4.69, 9.17) is 21.1 Å². The molecular formula is C12H12ClN3O2. The molecule has 5 nitrogen and oxygen atoms in total. The van der Waals surface area contributed by atoms with E-state index in [0.717, 1.165) is 11.4 Å². The molecule has 1 heterocycles. The predicted octanol–water partition coefficient (Wildman–Crippen LogP) is 2.89. The Morgan fingerprint density at radius 3 is 2.72 bits per heavy atom. The van der Waals surface area contributed by atoms with Gasteiger partial charge in [0, 0.05) is 11.8 Å². The zero-order valence-electron chi connectivity index (χ0n) is 9.98. The van der Waals surface area contributed by atoms with Gasteiger partial charge in [0.05, 0.1) is 14.2 Å². The average Bonchev–Trinajstić information content (AvgIpc) is 2.39. The second-order valence-corrected chi connectivity index (χ2v) is 3.76. The Kier molecular flexibility index (Phi) is 3.84. The predicted molar refractivity (Wildman–Crippen MR) is 69.9 cm³/mol. The highest BCUT2D eigenvalue weighted by Crippen LogP contribution is 2.31. The van der Waals surface area contributed by atoms with E-state index >= 15 is 0 Å². The summed E-state index contributed by atoms with van der Waals surface area (Å²) in [6.07, 6.45) is 1.37. The van der Waals surface area contributed by atoms with Crippen molar-refractivity contribution < 1.29 is 9.47 Å². The third-order valence-electron chi connectivity index (χ3n) is 2.30. The Hall–Kier alpha value is -2.01. The van der Waals surface area contributed by atoms with Crippen LogP contribution in [0.4, 0.5) is 11.5 Å². The van der Waals surface area contributed by atoms with Crippen LogP contribution in [0.25, 0.3) is 0 Å². The molecule has 0 saturated heterocycles. The number of anilines is 2. The number of methoxy groups -OCH3 is 2. The van der Waals surface area contributed by atoms with E-state index in [-0.39, 0.29) is 5.15 Å². The standard InChI is InChI=1S/C12H12ClN3O2/c1-17-9-5-3-4-8(6-9)16-12-10(18-2)11(13)14-7-15-12/h3-7H,1-2H3,(H,14,15,16). The van der Waals surface area contributed by atoms with Crippen LogP contribution in [0.2, 0.25) is 5.15 Å². The lowest BCUT2D eigenvalue weighted by Gasteiger charge is -2.11. The van der Waals surface area contributed by atoms with Crippen molar-refractivity contribution in [2.24, 2.45) is 0 Å². The molecule has 0 aliphatic rings. The largest absolute Gasteiger partial charge is 0.497 e. The Morgan fingerprint density at radius 2 is 2.00 bits per heavy atom. The summed E-state index contributed by atoms with van der Waals surface area (Å²) in [4.78, 5) is 7.94. The molecule has 2 aromatic rings. The molecule has 1 aromatic heterocycles. The number of rotatable bonds is 4. The van der Waals surface area contributed by atoms with Gasteiger partial charge < -0.3 is 14.8 Å². The summed E-state index contributed by atoms with van der Waals surface area (Å²) in [7, 11) is 3.13. The lowest BCUT2D eigenvalue weighted by molar-refractivity contribution is 0.413. The van der Waals surface area contributed by atoms with Gasteiger partial charge in [-0.1, -0.05) is 17.7 Å². The van der Waals surface area contributed by atoms with Crippen LogP contribution in [0.15, 0.2) is 30.6 Å². The van der Waals surface area contributed by atoms with Crippen molar-refractivity contribution in [1.29, 1.82) is 0 Å². The third kappa shape index (κ3) is 2.62. The first kappa shape index (κ1) is 12.4. The zero-order chi connectivity index (χ0) is 13.0. The van der Waals surface area contributed by atoms with Gasteiger partial charge >= 0.3 is 0 Å². The van der Waals surface area contributed by atoms with Crippen LogP contribution < -0.4 is 14.8 Å². The number of nitrogens with zero attached hydrogens (tertiary/aromatic N) is 2. The maximum atomic E-state index is 5.91. The number of nitrogens with one attached hydrogen (secondary N) is 1. The monoisotopic (exact) mass is 265 g/mol. The van der Waals surface area contributed by atoms with Crippen LogP contribution in [0.3, 0.4) is 0 Å². The SMILES string of the molecule is COc1cccc(Nc2ncnc(Cl)c2OC)c1. The van der Waals surface area contributed by atoms with Crippen LogP contribution in [0.1, 0.15) is 0 Å². The van der Waals surface area contributed by atoms with E-state index in [2.05, 4.69) is 15.3 Å². The van der Waals surface area contributed by atoms with Crippen LogP contribution in [0, 0.1) is 0 Å². The molecule has 0 aliphatic heterocycles. The molecule has 18 heavy (non-hydrogen) atoms. The molecule has 0 atom stereocenters. The van der Waals surface area contributed by atoms with E-state index in [1.807, 2.05) is 24.3 Å². The number of aromatic nitrogens is 2. The number of hydrogen-bond acceptors (Lipinski definition) is 5. The first-order chi connectivity index (χ1) is 8.74. The quantitative estimate of drug-likeness (QED) is 0.862. The molecule has 0 fully saturated rings. The van der Waals surface area contributed by atoms with Crippen LogP contribution in [-0.4, -0.2) is 24.2 Å². The molecule has 0 saturated carbocycles. The zero-order valence-corrected chi connectivity index (χ0v) is 10.7. The fourth-order valence-electron chi connectivity index (χ4n) is 1.46. The first-order valence-electron chi connectivity index (χ1n) is 5.20. The second kappa shape index (κ2) is 5.55. The molecule has 0 aliphatic carbocycles. The number of ether oxygens (including phenoxy) is 2. The molecule has 0 amide bonds. The third-order valence-corrected chi connectivity index (χ3v) is 2.57. The van der Waals surface area contributed by atoms with Gasteiger partial charge in [-0.15, -0.1) is 0 Å². The maximum Gasteiger partial charge on any atom is 0.199 e. The summed E-state index contributed by atoms with van der Waals surface area (Å²) in [6.45, 7) is 0. The highest BCUT2D eigenvalue weighted by atomic mass is 35.5. The summed E-state index contributed by atoms with van der Waals surface area (Å²) in [5.74, 6) is 1.66.